The van der Waals surface area contributed by atoms with Crippen LogP contribution in [0.4, 0.5) is 0 Å². The number of likely N-dealkylation sites (tertiary alicyclic amines) is 1. The molecule has 0 radical (unpaired) electrons. The SMILES string of the molecule is Cc1ccc(C2C(N)CCC(=O)N2C2CC2)cn1. The number of nitrogens with zero attached hydrogens (tertiary/aromatic N) is 2. The van der Waals surface area contributed by atoms with Gasteiger partial charge in [0, 0.05) is 30.4 Å². The maximum atomic E-state index is 12.1. The van der Waals surface area contributed by atoms with Crippen molar-refractivity contribution in [3.05, 3.63) is 29.6 Å². The lowest BCUT2D eigenvalue weighted by Crippen LogP contribution is -2.49. The highest BCUT2D eigenvalue weighted by Gasteiger charge is 2.43. The number of hydrogen-bond acceptors (Lipinski definition) is 3. The Morgan fingerprint density at radius 2 is 2.11 bits per heavy atom. The molecule has 1 aromatic rings. The lowest BCUT2D eigenvalue weighted by Gasteiger charge is -2.40. The molecule has 1 amide bonds. The Bertz CT molecular complexity index is 453. The van der Waals surface area contributed by atoms with Crippen LogP contribution in [0.1, 0.15) is 43.0 Å². The van der Waals surface area contributed by atoms with Gasteiger partial charge in [0.05, 0.1) is 6.04 Å². The summed E-state index contributed by atoms with van der Waals surface area (Å²) in [5.74, 6) is 0.254. The number of piperidine rings is 1. The third-order valence-electron chi connectivity index (χ3n) is 3.90. The fraction of sp³-hybridized carbons (Fsp3) is 0.571. The minimum atomic E-state index is 0.0202. The smallest absolute Gasteiger partial charge is 0.223 e. The normalized spacial score (nSPS) is 28.6. The van der Waals surface area contributed by atoms with Crippen molar-refractivity contribution in [2.45, 2.75) is 50.7 Å². The van der Waals surface area contributed by atoms with Gasteiger partial charge in [0.2, 0.25) is 5.91 Å². The van der Waals surface area contributed by atoms with Crippen molar-refractivity contribution in [2.24, 2.45) is 5.73 Å². The van der Waals surface area contributed by atoms with Crippen LogP contribution in [0.2, 0.25) is 0 Å². The summed E-state index contributed by atoms with van der Waals surface area (Å²) in [6, 6.07) is 4.52. The highest BCUT2D eigenvalue weighted by Crippen LogP contribution is 2.39. The van der Waals surface area contributed by atoms with Crippen LogP contribution in [0.3, 0.4) is 0 Å². The van der Waals surface area contributed by atoms with Gasteiger partial charge < -0.3 is 10.6 Å². The Morgan fingerprint density at radius 1 is 1.33 bits per heavy atom. The van der Waals surface area contributed by atoms with Crippen molar-refractivity contribution in [3.63, 3.8) is 0 Å². The average molecular weight is 245 g/mol. The van der Waals surface area contributed by atoms with Gasteiger partial charge in [-0.1, -0.05) is 6.07 Å². The minimum Gasteiger partial charge on any atom is -0.331 e. The van der Waals surface area contributed by atoms with Gasteiger partial charge in [-0.15, -0.1) is 0 Å². The molecule has 2 fully saturated rings. The summed E-state index contributed by atoms with van der Waals surface area (Å²) < 4.78 is 0. The first kappa shape index (κ1) is 11.7. The van der Waals surface area contributed by atoms with Crippen LogP contribution in [0.25, 0.3) is 0 Å². The van der Waals surface area contributed by atoms with Crippen molar-refractivity contribution in [1.29, 1.82) is 0 Å². The van der Waals surface area contributed by atoms with Gasteiger partial charge in [-0.3, -0.25) is 9.78 Å². The maximum absolute atomic E-state index is 12.1. The number of nitrogens with two attached hydrogens (primary N) is 1. The van der Waals surface area contributed by atoms with Gasteiger partial charge in [0.25, 0.3) is 0 Å². The Labute approximate surface area is 107 Å². The quantitative estimate of drug-likeness (QED) is 0.860. The van der Waals surface area contributed by atoms with Crippen LogP contribution >= 0.6 is 0 Å². The molecule has 2 atom stereocenters. The zero-order chi connectivity index (χ0) is 12.7. The Hall–Kier alpha value is -1.42. The van der Waals surface area contributed by atoms with Crippen molar-refractivity contribution in [1.82, 2.24) is 9.88 Å². The van der Waals surface area contributed by atoms with Gasteiger partial charge in [-0.05, 0) is 37.8 Å². The molecule has 2 aliphatic rings. The molecule has 1 aliphatic carbocycles. The first-order chi connectivity index (χ1) is 8.66. The largest absolute Gasteiger partial charge is 0.331 e. The lowest BCUT2D eigenvalue weighted by atomic mass is 9.91. The Balaban J connectivity index is 1.94. The van der Waals surface area contributed by atoms with E-state index in [2.05, 4.69) is 11.1 Å². The van der Waals surface area contributed by atoms with E-state index in [1.54, 1.807) is 0 Å². The number of aromatic nitrogens is 1. The van der Waals surface area contributed by atoms with Crippen molar-refractivity contribution in [3.8, 4) is 0 Å². The second kappa shape index (κ2) is 4.35. The molecule has 4 nitrogen and oxygen atoms in total. The molecule has 4 heteroatoms. The van der Waals surface area contributed by atoms with Crippen LogP contribution in [0, 0.1) is 6.92 Å². The summed E-state index contributed by atoms with van der Waals surface area (Å²) in [5, 5.41) is 0. The molecule has 0 spiro atoms. The summed E-state index contributed by atoms with van der Waals surface area (Å²) in [6.07, 6.45) is 5.48. The van der Waals surface area contributed by atoms with E-state index in [0.717, 1.165) is 30.5 Å². The number of aryl methyl sites for hydroxylation is 1. The van der Waals surface area contributed by atoms with Crippen molar-refractivity contribution in [2.75, 3.05) is 0 Å². The number of hydrogen-bond donors (Lipinski definition) is 1. The van der Waals surface area contributed by atoms with Crippen molar-refractivity contribution < 1.29 is 4.79 Å². The number of amides is 1. The van der Waals surface area contributed by atoms with Gasteiger partial charge in [0.15, 0.2) is 0 Å². The number of carbonyl (C=O) groups is 1. The topological polar surface area (TPSA) is 59.2 Å². The standard InChI is InChI=1S/C14H19N3O/c1-9-2-3-10(8-16-9)14-12(15)6-7-13(18)17(14)11-4-5-11/h2-3,8,11-12,14H,4-7,15H2,1H3. The fourth-order valence-electron chi connectivity index (χ4n) is 2.78. The molecule has 2 N–H and O–H groups in total. The minimum absolute atomic E-state index is 0.0202. The lowest BCUT2D eigenvalue weighted by molar-refractivity contribution is -0.138. The van der Waals surface area contributed by atoms with Crippen LogP contribution in [-0.4, -0.2) is 27.9 Å². The molecular weight excluding hydrogens is 226 g/mol. The predicted octanol–water partition coefficient (Wildman–Crippen LogP) is 1.54. The molecule has 0 bridgehead atoms. The van der Waals surface area contributed by atoms with Crippen LogP contribution in [-0.2, 0) is 4.79 Å². The first-order valence-corrected chi connectivity index (χ1v) is 6.66. The number of rotatable bonds is 2. The van der Waals surface area contributed by atoms with Gasteiger partial charge in [-0.2, -0.15) is 0 Å². The van der Waals surface area contributed by atoms with E-state index in [-0.39, 0.29) is 18.0 Å². The molecule has 3 rings (SSSR count). The number of pyridine rings is 1. The predicted molar refractivity (Wildman–Crippen MR) is 68.8 cm³/mol. The van der Waals surface area contributed by atoms with E-state index < -0.39 is 0 Å². The maximum Gasteiger partial charge on any atom is 0.223 e. The van der Waals surface area contributed by atoms with Crippen molar-refractivity contribution >= 4 is 5.91 Å². The molecule has 96 valence electrons. The average Bonchev–Trinajstić information content (AvgIpc) is 3.17. The van der Waals surface area contributed by atoms with Gasteiger partial charge in [0.1, 0.15) is 0 Å². The highest BCUT2D eigenvalue weighted by atomic mass is 16.2. The third kappa shape index (κ3) is 2.01. The summed E-state index contributed by atoms with van der Waals surface area (Å²) in [6.45, 7) is 1.97. The van der Waals surface area contributed by atoms with Crippen LogP contribution in [0.15, 0.2) is 18.3 Å². The molecule has 0 aromatic carbocycles. The molecule has 1 saturated heterocycles. The molecule has 18 heavy (non-hydrogen) atoms. The first-order valence-electron chi connectivity index (χ1n) is 6.66. The van der Waals surface area contributed by atoms with E-state index in [1.165, 1.54) is 0 Å². The fourth-order valence-corrected chi connectivity index (χ4v) is 2.78. The summed E-state index contributed by atoms with van der Waals surface area (Å²) in [5.41, 5.74) is 8.32. The van der Waals surface area contributed by atoms with Crippen LogP contribution < -0.4 is 5.73 Å². The second-order valence-electron chi connectivity index (χ2n) is 5.41. The van der Waals surface area contributed by atoms with Crippen LogP contribution in [0.5, 0.6) is 0 Å². The van der Waals surface area contributed by atoms with Gasteiger partial charge >= 0.3 is 0 Å². The number of carbonyl (C=O) groups excluding carboxylic acids is 1. The zero-order valence-corrected chi connectivity index (χ0v) is 10.7. The molecule has 2 unspecified atom stereocenters. The molecule has 2 heterocycles. The molecule has 1 aromatic heterocycles. The van der Waals surface area contributed by atoms with E-state index >= 15 is 0 Å². The van der Waals surface area contributed by atoms with E-state index in [0.29, 0.717) is 12.5 Å². The summed E-state index contributed by atoms with van der Waals surface area (Å²) in [4.78, 5) is 18.5. The summed E-state index contributed by atoms with van der Waals surface area (Å²) >= 11 is 0. The molecule has 1 saturated carbocycles. The Morgan fingerprint density at radius 3 is 2.72 bits per heavy atom. The monoisotopic (exact) mass is 245 g/mol. The molecular formula is C14H19N3O. The van der Waals surface area contributed by atoms with Gasteiger partial charge in [-0.25, -0.2) is 0 Å². The molecule has 1 aliphatic heterocycles. The second-order valence-corrected chi connectivity index (χ2v) is 5.41. The van der Waals surface area contributed by atoms with E-state index in [1.807, 2.05) is 24.1 Å². The third-order valence-corrected chi connectivity index (χ3v) is 3.90. The zero-order valence-electron chi connectivity index (χ0n) is 10.7. The highest BCUT2D eigenvalue weighted by molar-refractivity contribution is 5.78. The summed E-state index contributed by atoms with van der Waals surface area (Å²) in [7, 11) is 0. The Kier molecular flexibility index (Phi) is 2.82. The van der Waals surface area contributed by atoms with E-state index in [4.69, 9.17) is 5.73 Å². The van der Waals surface area contributed by atoms with E-state index in [9.17, 15) is 4.79 Å².